The van der Waals surface area contributed by atoms with Crippen molar-refractivity contribution in [1.82, 2.24) is 9.97 Å². The summed E-state index contributed by atoms with van der Waals surface area (Å²) in [5.74, 6) is 0.0190. The molecule has 1 aromatic heterocycles. The molecule has 0 saturated heterocycles. The number of ether oxygens (including phenoxy) is 2. The van der Waals surface area contributed by atoms with Crippen molar-refractivity contribution in [3.8, 4) is 11.5 Å². The number of H-pyrrole nitrogens is 1. The summed E-state index contributed by atoms with van der Waals surface area (Å²) in [5.41, 5.74) is 2.06. The Morgan fingerprint density at radius 1 is 0.906 bits per heavy atom. The fourth-order valence-corrected chi connectivity index (χ4v) is 3.66. The van der Waals surface area contributed by atoms with Crippen LogP contribution >= 0.6 is 46.4 Å². The molecule has 3 aromatic carbocycles. The van der Waals surface area contributed by atoms with Gasteiger partial charge in [0.2, 0.25) is 0 Å². The standard InChI is InChI=1S/C22H14Cl4N2O4/c23-13-3-1-2-12(21(13)26)9-31-19-6-11(22(29)30)4-5-18(19)32-10-20-27-16-7-14(24)15(25)8-17(16)28-20/h1-8H,9-10H2,(H,27,28)(H,29,30). The van der Waals surface area contributed by atoms with E-state index in [4.69, 9.17) is 55.9 Å². The molecule has 0 unspecified atom stereocenters. The van der Waals surface area contributed by atoms with Gasteiger partial charge < -0.3 is 19.6 Å². The molecule has 164 valence electrons. The fourth-order valence-electron chi connectivity index (χ4n) is 2.96. The number of hydrogen-bond acceptors (Lipinski definition) is 4. The zero-order chi connectivity index (χ0) is 22.8. The fraction of sp³-hybridized carbons (Fsp3) is 0.0909. The maximum Gasteiger partial charge on any atom is 0.335 e. The number of hydrogen-bond donors (Lipinski definition) is 2. The van der Waals surface area contributed by atoms with Crippen LogP contribution in [0, 0.1) is 0 Å². The van der Waals surface area contributed by atoms with Crippen molar-refractivity contribution in [1.29, 1.82) is 0 Å². The Morgan fingerprint density at radius 2 is 1.66 bits per heavy atom. The van der Waals surface area contributed by atoms with Gasteiger partial charge in [0, 0.05) is 5.56 Å². The summed E-state index contributed by atoms with van der Waals surface area (Å²) >= 11 is 24.3. The van der Waals surface area contributed by atoms with Gasteiger partial charge in [-0.15, -0.1) is 0 Å². The number of aromatic amines is 1. The maximum atomic E-state index is 11.4. The van der Waals surface area contributed by atoms with Crippen LogP contribution in [-0.2, 0) is 13.2 Å². The lowest BCUT2D eigenvalue weighted by atomic mass is 10.2. The van der Waals surface area contributed by atoms with E-state index in [2.05, 4.69) is 9.97 Å². The topological polar surface area (TPSA) is 84.4 Å². The van der Waals surface area contributed by atoms with Crippen molar-refractivity contribution < 1.29 is 19.4 Å². The third-order valence-electron chi connectivity index (χ3n) is 4.54. The Labute approximate surface area is 202 Å². The second-order valence-corrected chi connectivity index (χ2v) is 8.32. The van der Waals surface area contributed by atoms with Crippen molar-refractivity contribution in [3.05, 3.63) is 85.6 Å². The first-order chi connectivity index (χ1) is 15.3. The van der Waals surface area contributed by atoms with Gasteiger partial charge in [-0.3, -0.25) is 0 Å². The van der Waals surface area contributed by atoms with Gasteiger partial charge in [0.25, 0.3) is 0 Å². The number of imidazole rings is 1. The summed E-state index contributed by atoms with van der Waals surface area (Å²) in [7, 11) is 0. The highest BCUT2D eigenvalue weighted by atomic mass is 35.5. The van der Waals surface area contributed by atoms with Crippen LogP contribution in [0.5, 0.6) is 11.5 Å². The van der Waals surface area contributed by atoms with Crippen molar-refractivity contribution in [2.24, 2.45) is 0 Å². The molecule has 2 N–H and O–H groups in total. The molecule has 0 atom stereocenters. The van der Waals surface area contributed by atoms with Crippen molar-refractivity contribution in [3.63, 3.8) is 0 Å². The van der Waals surface area contributed by atoms with Crippen LogP contribution in [0.1, 0.15) is 21.7 Å². The summed E-state index contributed by atoms with van der Waals surface area (Å²) < 4.78 is 11.7. The Morgan fingerprint density at radius 3 is 2.44 bits per heavy atom. The molecule has 10 heteroatoms. The zero-order valence-electron chi connectivity index (χ0n) is 16.2. The summed E-state index contributed by atoms with van der Waals surface area (Å²) in [6.45, 7) is 0.144. The minimum Gasteiger partial charge on any atom is -0.485 e. The average molecular weight is 512 g/mol. The van der Waals surface area contributed by atoms with Gasteiger partial charge in [-0.1, -0.05) is 58.5 Å². The second-order valence-electron chi connectivity index (χ2n) is 6.72. The Hall–Kier alpha value is -2.64. The monoisotopic (exact) mass is 510 g/mol. The number of carboxylic acid groups (broad SMARTS) is 1. The van der Waals surface area contributed by atoms with Gasteiger partial charge in [-0.25, -0.2) is 9.78 Å². The highest BCUT2D eigenvalue weighted by molar-refractivity contribution is 6.43. The van der Waals surface area contributed by atoms with E-state index in [9.17, 15) is 9.90 Å². The second kappa shape index (κ2) is 9.46. The van der Waals surface area contributed by atoms with Crippen LogP contribution in [0.15, 0.2) is 48.5 Å². The van der Waals surface area contributed by atoms with Crippen molar-refractivity contribution in [2.75, 3.05) is 0 Å². The molecule has 32 heavy (non-hydrogen) atoms. The molecule has 0 spiro atoms. The number of carbonyl (C=O) groups is 1. The van der Waals surface area contributed by atoms with E-state index in [1.165, 1.54) is 18.2 Å². The van der Waals surface area contributed by atoms with Crippen molar-refractivity contribution >= 4 is 63.4 Å². The molecule has 1 heterocycles. The molecule has 0 amide bonds. The van der Waals surface area contributed by atoms with Crippen LogP contribution in [0.3, 0.4) is 0 Å². The number of aromatic carboxylic acids is 1. The maximum absolute atomic E-state index is 11.4. The first-order valence-electron chi connectivity index (χ1n) is 9.21. The number of carboxylic acids is 1. The molecule has 0 aliphatic rings. The number of benzene rings is 3. The van der Waals surface area contributed by atoms with E-state index in [1.54, 1.807) is 30.3 Å². The quantitative estimate of drug-likeness (QED) is 0.278. The minimum absolute atomic E-state index is 0.0533. The van der Waals surface area contributed by atoms with Gasteiger partial charge in [0.15, 0.2) is 11.5 Å². The minimum atomic E-state index is -1.09. The smallest absolute Gasteiger partial charge is 0.335 e. The van der Waals surface area contributed by atoms with Crippen molar-refractivity contribution in [2.45, 2.75) is 13.2 Å². The summed E-state index contributed by atoms with van der Waals surface area (Å²) in [4.78, 5) is 18.9. The summed E-state index contributed by atoms with van der Waals surface area (Å²) in [6.07, 6.45) is 0. The zero-order valence-corrected chi connectivity index (χ0v) is 19.2. The highest BCUT2D eigenvalue weighted by Gasteiger charge is 2.14. The molecular formula is C22H14Cl4N2O4. The van der Waals surface area contributed by atoms with E-state index in [0.717, 1.165) is 0 Å². The molecule has 0 bridgehead atoms. The molecular weight excluding hydrogens is 498 g/mol. The summed E-state index contributed by atoms with van der Waals surface area (Å²) in [5, 5.41) is 10.9. The SMILES string of the molecule is O=C(O)c1ccc(OCc2nc3cc(Cl)c(Cl)cc3[nH]2)c(OCc2cccc(Cl)c2Cl)c1. The lowest BCUT2D eigenvalue weighted by Crippen LogP contribution is -2.04. The third-order valence-corrected chi connectivity index (χ3v) is 6.12. The van der Waals surface area contributed by atoms with Crippen LogP contribution in [-0.4, -0.2) is 21.0 Å². The van der Waals surface area contributed by atoms with Gasteiger partial charge in [0.1, 0.15) is 19.0 Å². The van der Waals surface area contributed by atoms with Gasteiger partial charge in [-0.2, -0.15) is 0 Å². The average Bonchev–Trinajstić information content (AvgIpc) is 3.15. The van der Waals surface area contributed by atoms with E-state index in [-0.39, 0.29) is 24.5 Å². The van der Waals surface area contributed by atoms with Gasteiger partial charge in [-0.05, 0) is 36.4 Å². The van der Waals surface area contributed by atoms with E-state index < -0.39 is 5.97 Å². The van der Waals surface area contributed by atoms with E-state index >= 15 is 0 Å². The van der Waals surface area contributed by atoms with Crippen LogP contribution < -0.4 is 9.47 Å². The van der Waals surface area contributed by atoms with Gasteiger partial charge in [0.05, 0.1) is 36.7 Å². The molecule has 6 nitrogen and oxygen atoms in total. The first kappa shape index (κ1) is 22.6. The predicted molar refractivity (Wildman–Crippen MR) is 125 cm³/mol. The molecule has 4 aromatic rings. The number of nitrogens with zero attached hydrogens (tertiary/aromatic N) is 1. The lowest BCUT2D eigenvalue weighted by molar-refractivity contribution is 0.0696. The molecule has 0 saturated carbocycles. The normalized spacial score (nSPS) is 11.0. The lowest BCUT2D eigenvalue weighted by Gasteiger charge is -2.14. The van der Waals surface area contributed by atoms with E-state index in [1.807, 2.05) is 0 Å². The predicted octanol–water partition coefficient (Wildman–Crippen LogP) is 7.03. The molecule has 0 aliphatic carbocycles. The number of rotatable bonds is 7. The Bertz CT molecular complexity index is 1280. The largest absolute Gasteiger partial charge is 0.485 e. The highest BCUT2D eigenvalue weighted by Crippen LogP contribution is 2.32. The van der Waals surface area contributed by atoms with E-state index in [0.29, 0.717) is 48.3 Å². The number of halogens is 4. The van der Waals surface area contributed by atoms with Crippen LogP contribution in [0.2, 0.25) is 20.1 Å². The molecule has 0 fully saturated rings. The first-order valence-corrected chi connectivity index (χ1v) is 10.7. The molecule has 0 aliphatic heterocycles. The van der Waals surface area contributed by atoms with Gasteiger partial charge >= 0.3 is 5.97 Å². The Kier molecular flexibility index (Phi) is 6.67. The van der Waals surface area contributed by atoms with Crippen LogP contribution in [0.4, 0.5) is 0 Å². The number of fused-ring (bicyclic) bond motifs is 1. The summed E-state index contributed by atoms with van der Waals surface area (Å²) in [6, 6.07) is 12.8. The molecule has 0 radical (unpaired) electrons. The third kappa shape index (κ3) is 4.89. The number of nitrogens with one attached hydrogen (secondary N) is 1. The Balaban J connectivity index is 1.56. The molecule has 4 rings (SSSR count). The van der Waals surface area contributed by atoms with Crippen LogP contribution in [0.25, 0.3) is 11.0 Å². The number of aromatic nitrogens is 2.